The second-order valence-corrected chi connectivity index (χ2v) is 2.29. The first-order chi connectivity index (χ1) is 3.71. The topological polar surface area (TPSA) is 20.2 Å². The summed E-state index contributed by atoms with van der Waals surface area (Å²) in [5, 5.41) is 8.52. The number of alkyl halides is 3. The molecule has 0 aromatic heterocycles. The monoisotopic (exact) mass is 141 g/mol. The van der Waals surface area contributed by atoms with Crippen LogP contribution in [-0.4, -0.2) is 16.9 Å². The molecule has 1 radical (unpaired) electrons. The van der Waals surface area contributed by atoms with Crippen LogP contribution in [0.3, 0.4) is 0 Å². The normalized spacial score (nSPS) is 14.0. The number of halogens is 3. The highest BCUT2D eigenvalue weighted by Crippen LogP contribution is 2.26. The van der Waals surface area contributed by atoms with E-state index in [1.54, 1.807) is 0 Å². The van der Waals surface area contributed by atoms with Gasteiger partial charge in [0.2, 0.25) is 0 Å². The van der Waals surface area contributed by atoms with Crippen LogP contribution >= 0.6 is 0 Å². The second kappa shape index (κ2) is 2.17. The van der Waals surface area contributed by atoms with Crippen molar-refractivity contribution in [3.8, 4) is 0 Å². The highest BCUT2D eigenvalue weighted by molar-refractivity contribution is 4.77. The molecule has 0 aliphatic carbocycles. The molecule has 1 unspecified atom stereocenters. The van der Waals surface area contributed by atoms with Gasteiger partial charge in [0, 0.05) is 0 Å². The zero-order valence-corrected chi connectivity index (χ0v) is 5.00. The van der Waals surface area contributed by atoms with Gasteiger partial charge in [0.05, 0.1) is 12.0 Å². The minimum Gasteiger partial charge on any atom is -0.390 e. The Morgan fingerprint density at radius 2 is 1.78 bits per heavy atom. The van der Waals surface area contributed by atoms with Crippen molar-refractivity contribution in [1.29, 1.82) is 0 Å². The van der Waals surface area contributed by atoms with Gasteiger partial charge in [-0.1, -0.05) is 0 Å². The van der Waals surface area contributed by atoms with Crippen molar-refractivity contribution in [2.45, 2.75) is 25.1 Å². The SMILES string of the molecule is [CH2]C(C)(O)CC(F)(F)F. The van der Waals surface area contributed by atoms with Crippen molar-refractivity contribution in [1.82, 2.24) is 0 Å². The first-order valence-corrected chi connectivity index (χ1v) is 2.35. The minimum absolute atomic E-state index is 1.01. The minimum atomic E-state index is -4.33. The highest BCUT2D eigenvalue weighted by atomic mass is 19.4. The fourth-order valence-electron chi connectivity index (χ4n) is 0.432. The molecule has 0 heterocycles. The van der Waals surface area contributed by atoms with E-state index in [1.807, 2.05) is 0 Å². The lowest BCUT2D eigenvalue weighted by Gasteiger charge is -2.18. The molecule has 9 heavy (non-hydrogen) atoms. The lowest BCUT2D eigenvalue weighted by atomic mass is 10.1. The van der Waals surface area contributed by atoms with E-state index in [0.717, 1.165) is 6.92 Å². The summed E-state index contributed by atoms with van der Waals surface area (Å²) in [4.78, 5) is 0. The lowest BCUT2D eigenvalue weighted by molar-refractivity contribution is -0.163. The molecule has 0 aromatic rings. The molecule has 0 bridgehead atoms. The molecule has 0 aliphatic rings. The molecule has 0 aromatic carbocycles. The number of hydrogen-bond donors (Lipinski definition) is 1. The molecular weight excluding hydrogens is 133 g/mol. The summed E-state index contributed by atoms with van der Waals surface area (Å²) in [5.74, 6) is 0. The Bertz CT molecular complexity index is 77.4. The van der Waals surface area contributed by atoms with E-state index < -0.39 is 18.2 Å². The summed E-state index contributed by atoms with van der Waals surface area (Å²) in [7, 11) is 0. The summed E-state index contributed by atoms with van der Waals surface area (Å²) in [6.07, 6.45) is -5.59. The average Bonchev–Trinajstić information content (AvgIpc) is 1.14. The van der Waals surface area contributed by atoms with E-state index in [-0.39, 0.29) is 0 Å². The van der Waals surface area contributed by atoms with Gasteiger partial charge in [-0.15, -0.1) is 0 Å². The number of aliphatic hydroxyl groups is 1. The maximum atomic E-state index is 11.4. The summed E-state index contributed by atoms with van der Waals surface area (Å²) >= 11 is 0. The molecule has 1 atom stereocenters. The quantitative estimate of drug-likeness (QED) is 0.587. The van der Waals surface area contributed by atoms with Gasteiger partial charge in [-0.25, -0.2) is 0 Å². The van der Waals surface area contributed by atoms with Crippen LogP contribution in [0.4, 0.5) is 13.2 Å². The lowest BCUT2D eigenvalue weighted by Crippen LogP contribution is -2.27. The van der Waals surface area contributed by atoms with E-state index in [9.17, 15) is 13.2 Å². The van der Waals surface area contributed by atoms with Crippen LogP contribution in [0.15, 0.2) is 0 Å². The Labute approximate surface area is 51.5 Å². The fourth-order valence-corrected chi connectivity index (χ4v) is 0.432. The molecule has 0 saturated carbocycles. The summed E-state index contributed by atoms with van der Waals surface area (Å²) in [6, 6.07) is 0. The fraction of sp³-hybridized carbons (Fsp3) is 0.800. The number of rotatable bonds is 1. The van der Waals surface area contributed by atoms with Gasteiger partial charge < -0.3 is 5.11 Å². The Morgan fingerprint density at radius 1 is 1.44 bits per heavy atom. The third-order valence-corrected chi connectivity index (χ3v) is 0.581. The molecule has 1 nitrogen and oxygen atoms in total. The Kier molecular flexibility index (Phi) is 2.11. The van der Waals surface area contributed by atoms with Crippen molar-refractivity contribution >= 4 is 0 Å². The summed E-state index contributed by atoms with van der Waals surface area (Å²) in [6.45, 7) is 3.91. The smallest absolute Gasteiger partial charge is 0.390 e. The van der Waals surface area contributed by atoms with Crippen LogP contribution in [-0.2, 0) is 0 Å². The van der Waals surface area contributed by atoms with Crippen molar-refractivity contribution in [2.75, 3.05) is 0 Å². The molecule has 0 fully saturated rings. The van der Waals surface area contributed by atoms with Crippen LogP contribution in [0.2, 0.25) is 0 Å². The third-order valence-electron chi connectivity index (χ3n) is 0.581. The second-order valence-electron chi connectivity index (χ2n) is 2.29. The molecule has 0 aliphatic heterocycles. The first kappa shape index (κ1) is 8.75. The van der Waals surface area contributed by atoms with Crippen molar-refractivity contribution in [3.05, 3.63) is 6.92 Å². The maximum absolute atomic E-state index is 11.4. The van der Waals surface area contributed by atoms with E-state index in [1.165, 1.54) is 0 Å². The Morgan fingerprint density at radius 3 is 1.78 bits per heavy atom. The molecule has 0 rings (SSSR count). The Balaban J connectivity index is 3.75. The van der Waals surface area contributed by atoms with Crippen LogP contribution in [0.1, 0.15) is 13.3 Å². The number of hydrogen-bond acceptors (Lipinski definition) is 1. The van der Waals surface area contributed by atoms with Crippen LogP contribution in [0.5, 0.6) is 0 Å². The van der Waals surface area contributed by atoms with E-state index in [4.69, 9.17) is 5.11 Å². The van der Waals surface area contributed by atoms with Crippen LogP contribution in [0, 0.1) is 6.92 Å². The predicted octanol–water partition coefficient (Wildman–Crippen LogP) is 1.52. The molecule has 0 spiro atoms. The summed E-state index contributed by atoms with van der Waals surface area (Å²) < 4.78 is 34.1. The van der Waals surface area contributed by atoms with E-state index in [0.29, 0.717) is 0 Å². The van der Waals surface area contributed by atoms with E-state index in [2.05, 4.69) is 6.92 Å². The Hall–Kier alpha value is -0.250. The zero-order chi connectivity index (χ0) is 7.71. The van der Waals surface area contributed by atoms with Crippen molar-refractivity contribution in [3.63, 3.8) is 0 Å². The largest absolute Gasteiger partial charge is 0.391 e. The molecule has 55 valence electrons. The highest BCUT2D eigenvalue weighted by Gasteiger charge is 2.34. The average molecular weight is 141 g/mol. The molecule has 4 heteroatoms. The van der Waals surface area contributed by atoms with Gasteiger partial charge in [0.1, 0.15) is 0 Å². The molecule has 0 amide bonds. The van der Waals surface area contributed by atoms with Gasteiger partial charge >= 0.3 is 6.18 Å². The van der Waals surface area contributed by atoms with Crippen molar-refractivity contribution < 1.29 is 18.3 Å². The standard InChI is InChI=1S/C5H8F3O/c1-4(2,9)3-5(6,7)8/h9H,1,3H2,2H3. The van der Waals surface area contributed by atoms with Gasteiger partial charge in [0.15, 0.2) is 0 Å². The predicted molar refractivity (Wildman–Crippen MR) is 26.7 cm³/mol. The van der Waals surface area contributed by atoms with Crippen LogP contribution < -0.4 is 0 Å². The zero-order valence-electron chi connectivity index (χ0n) is 5.00. The molecular formula is C5H8F3O. The van der Waals surface area contributed by atoms with Gasteiger partial charge in [0.25, 0.3) is 0 Å². The molecule has 0 saturated heterocycles. The van der Waals surface area contributed by atoms with Gasteiger partial charge in [-0.05, 0) is 13.8 Å². The molecule has 1 N–H and O–H groups in total. The van der Waals surface area contributed by atoms with E-state index >= 15 is 0 Å². The van der Waals surface area contributed by atoms with Gasteiger partial charge in [-0.3, -0.25) is 0 Å². The third kappa shape index (κ3) is 7.75. The maximum Gasteiger partial charge on any atom is 0.391 e. The summed E-state index contributed by atoms with van der Waals surface area (Å²) in [5.41, 5.74) is -1.89. The first-order valence-electron chi connectivity index (χ1n) is 2.35. The van der Waals surface area contributed by atoms with Crippen molar-refractivity contribution in [2.24, 2.45) is 0 Å². The van der Waals surface area contributed by atoms with Gasteiger partial charge in [-0.2, -0.15) is 13.2 Å². The van der Waals surface area contributed by atoms with Crippen LogP contribution in [0.25, 0.3) is 0 Å².